The van der Waals surface area contributed by atoms with Gasteiger partial charge in [-0.3, -0.25) is 9.63 Å². The third-order valence-corrected chi connectivity index (χ3v) is 3.59. The molecule has 6 nitrogen and oxygen atoms in total. The fourth-order valence-corrected chi connectivity index (χ4v) is 2.48. The number of amides is 1. The second kappa shape index (κ2) is 4.87. The van der Waals surface area contributed by atoms with Gasteiger partial charge in [-0.05, 0) is 18.2 Å². The molecular weight excluding hydrogens is 268 g/mol. The average molecular weight is 278 g/mol. The van der Waals surface area contributed by atoms with Crippen LogP contribution in [0.25, 0.3) is 10.6 Å². The Hall–Kier alpha value is -2.12. The molecule has 1 N–H and O–H groups in total. The first-order chi connectivity index (χ1) is 9.28. The summed E-state index contributed by atoms with van der Waals surface area (Å²) in [6, 6.07) is 5.55. The van der Waals surface area contributed by atoms with E-state index < -0.39 is 0 Å². The van der Waals surface area contributed by atoms with E-state index in [1.54, 1.807) is 0 Å². The van der Waals surface area contributed by atoms with Crippen LogP contribution in [-0.4, -0.2) is 24.8 Å². The fraction of sp³-hybridized carbons (Fsp3) is 0.167. The molecule has 1 aliphatic heterocycles. The summed E-state index contributed by atoms with van der Waals surface area (Å²) in [4.78, 5) is 20.8. The third kappa shape index (κ3) is 2.25. The standard InChI is InChI=1S/C12H10N2O4S/c1-16-14-11(15)10-5-13-12(19-10)7-2-3-8-9(4-7)18-6-17-8/h2-5H,6H2,1H3,(H,14,15). The molecule has 19 heavy (non-hydrogen) atoms. The van der Waals surface area contributed by atoms with Gasteiger partial charge < -0.3 is 9.47 Å². The highest BCUT2D eigenvalue weighted by molar-refractivity contribution is 7.16. The lowest BCUT2D eigenvalue weighted by atomic mass is 10.2. The van der Waals surface area contributed by atoms with E-state index >= 15 is 0 Å². The number of benzene rings is 1. The minimum absolute atomic E-state index is 0.234. The fourth-order valence-electron chi connectivity index (χ4n) is 1.69. The summed E-state index contributed by atoms with van der Waals surface area (Å²) in [7, 11) is 1.39. The van der Waals surface area contributed by atoms with Gasteiger partial charge in [0, 0.05) is 5.56 Å². The van der Waals surface area contributed by atoms with Crippen molar-refractivity contribution in [1.82, 2.24) is 10.5 Å². The van der Waals surface area contributed by atoms with Crippen molar-refractivity contribution in [2.24, 2.45) is 0 Å². The quantitative estimate of drug-likeness (QED) is 0.867. The number of carbonyl (C=O) groups excluding carboxylic acids is 1. The van der Waals surface area contributed by atoms with E-state index in [9.17, 15) is 4.79 Å². The maximum atomic E-state index is 11.6. The van der Waals surface area contributed by atoms with Crippen LogP contribution in [0, 0.1) is 0 Å². The molecule has 1 aromatic heterocycles. The molecule has 0 aliphatic carbocycles. The molecule has 0 saturated carbocycles. The van der Waals surface area contributed by atoms with Crippen LogP contribution in [0.1, 0.15) is 9.67 Å². The molecule has 0 unspecified atom stereocenters. The normalized spacial score (nSPS) is 12.5. The summed E-state index contributed by atoms with van der Waals surface area (Å²) < 4.78 is 10.6. The molecule has 0 spiro atoms. The molecular formula is C12H10N2O4S. The van der Waals surface area contributed by atoms with E-state index in [1.165, 1.54) is 24.6 Å². The van der Waals surface area contributed by atoms with E-state index in [0.29, 0.717) is 10.6 Å². The number of hydrogen-bond donors (Lipinski definition) is 1. The van der Waals surface area contributed by atoms with Crippen molar-refractivity contribution >= 4 is 17.2 Å². The number of fused-ring (bicyclic) bond motifs is 1. The Kier molecular flexibility index (Phi) is 3.06. The van der Waals surface area contributed by atoms with Crippen molar-refractivity contribution in [1.29, 1.82) is 0 Å². The van der Waals surface area contributed by atoms with Crippen LogP contribution in [0.15, 0.2) is 24.4 Å². The second-order valence-corrected chi connectivity index (χ2v) is 4.76. The average Bonchev–Trinajstić information content (AvgIpc) is 3.07. The van der Waals surface area contributed by atoms with Crippen molar-refractivity contribution in [3.63, 3.8) is 0 Å². The number of thiazole rings is 1. The Morgan fingerprint density at radius 3 is 3.11 bits per heavy atom. The van der Waals surface area contributed by atoms with Crippen molar-refractivity contribution in [2.45, 2.75) is 0 Å². The maximum Gasteiger partial charge on any atom is 0.286 e. The number of hydrogen-bond acceptors (Lipinski definition) is 6. The number of hydroxylamine groups is 1. The van der Waals surface area contributed by atoms with Gasteiger partial charge in [-0.25, -0.2) is 10.5 Å². The predicted molar refractivity (Wildman–Crippen MR) is 68.1 cm³/mol. The maximum absolute atomic E-state index is 11.6. The Bertz CT molecular complexity index is 626. The van der Waals surface area contributed by atoms with Gasteiger partial charge in [0.1, 0.15) is 9.88 Å². The van der Waals surface area contributed by atoms with Crippen LogP contribution < -0.4 is 15.0 Å². The first-order valence-electron chi connectivity index (χ1n) is 5.47. The molecule has 0 saturated heterocycles. The smallest absolute Gasteiger partial charge is 0.286 e. The van der Waals surface area contributed by atoms with Gasteiger partial charge in [0.2, 0.25) is 6.79 Å². The zero-order valence-electron chi connectivity index (χ0n) is 10.0. The highest BCUT2D eigenvalue weighted by Gasteiger charge is 2.16. The van der Waals surface area contributed by atoms with Gasteiger partial charge in [0.05, 0.1) is 13.3 Å². The minimum Gasteiger partial charge on any atom is -0.454 e. The van der Waals surface area contributed by atoms with Gasteiger partial charge in [0.15, 0.2) is 11.5 Å². The molecule has 0 radical (unpaired) electrons. The molecule has 0 bridgehead atoms. The number of aromatic nitrogens is 1. The van der Waals surface area contributed by atoms with Gasteiger partial charge in [-0.15, -0.1) is 11.3 Å². The number of carbonyl (C=O) groups is 1. The lowest BCUT2D eigenvalue weighted by Gasteiger charge is -1.99. The van der Waals surface area contributed by atoms with Crippen LogP contribution in [0.4, 0.5) is 0 Å². The summed E-state index contributed by atoms with van der Waals surface area (Å²) in [5.74, 6) is 1.10. The number of ether oxygens (including phenoxy) is 2. The zero-order chi connectivity index (χ0) is 13.2. The van der Waals surface area contributed by atoms with Crippen LogP contribution >= 0.6 is 11.3 Å². The van der Waals surface area contributed by atoms with Gasteiger partial charge in [-0.2, -0.15) is 0 Å². The van der Waals surface area contributed by atoms with E-state index in [4.69, 9.17) is 9.47 Å². The molecule has 7 heteroatoms. The van der Waals surface area contributed by atoms with Gasteiger partial charge in [-0.1, -0.05) is 0 Å². The number of nitrogens with zero attached hydrogens (tertiary/aromatic N) is 1. The first kappa shape index (κ1) is 11.9. The summed E-state index contributed by atoms with van der Waals surface area (Å²) >= 11 is 1.28. The van der Waals surface area contributed by atoms with E-state index in [0.717, 1.165) is 16.3 Å². The van der Waals surface area contributed by atoms with Crippen LogP contribution in [-0.2, 0) is 4.84 Å². The lowest BCUT2D eigenvalue weighted by molar-refractivity contribution is 0.0542. The molecule has 1 aliphatic rings. The number of rotatable bonds is 3. The van der Waals surface area contributed by atoms with Gasteiger partial charge in [0.25, 0.3) is 5.91 Å². The minimum atomic E-state index is -0.313. The molecule has 1 amide bonds. The monoisotopic (exact) mass is 278 g/mol. The van der Waals surface area contributed by atoms with Crippen molar-refractivity contribution in [3.8, 4) is 22.1 Å². The zero-order valence-corrected chi connectivity index (χ0v) is 10.8. The highest BCUT2D eigenvalue weighted by Crippen LogP contribution is 2.36. The second-order valence-electron chi connectivity index (χ2n) is 3.73. The largest absolute Gasteiger partial charge is 0.454 e. The predicted octanol–water partition coefficient (Wildman–Crippen LogP) is 1.83. The summed E-state index contributed by atoms with van der Waals surface area (Å²) in [5.41, 5.74) is 3.14. The Morgan fingerprint density at radius 2 is 2.26 bits per heavy atom. The van der Waals surface area contributed by atoms with E-state index in [-0.39, 0.29) is 12.7 Å². The molecule has 2 aromatic rings. The van der Waals surface area contributed by atoms with Crippen LogP contribution in [0.3, 0.4) is 0 Å². The highest BCUT2D eigenvalue weighted by atomic mass is 32.1. The molecule has 98 valence electrons. The van der Waals surface area contributed by atoms with Crippen LogP contribution in [0.2, 0.25) is 0 Å². The molecule has 0 atom stereocenters. The van der Waals surface area contributed by atoms with Crippen molar-refractivity contribution < 1.29 is 19.1 Å². The van der Waals surface area contributed by atoms with E-state index in [1.807, 2.05) is 18.2 Å². The van der Waals surface area contributed by atoms with Crippen LogP contribution in [0.5, 0.6) is 11.5 Å². The number of nitrogens with one attached hydrogen (secondary N) is 1. The lowest BCUT2D eigenvalue weighted by Crippen LogP contribution is -2.20. The van der Waals surface area contributed by atoms with Crippen molar-refractivity contribution in [2.75, 3.05) is 13.9 Å². The summed E-state index contributed by atoms with van der Waals surface area (Å²) in [5, 5.41) is 0.736. The molecule has 0 fully saturated rings. The Morgan fingerprint density at radius 1 is 1.42 bits per heavy atom. The Balaban J connectivity index is 1.88. The molecule has 1 aromatic carbocycles. The third-order valence-electron chi connectivity index (χ3n) is 2.54. The molecule has 2 heterocycles. The Labute approximate surface area is 112 Å². The van der Waals surface area contributed by atoms with E-state index in [2.05, 4.69) is 15.3 Å². The van der Waals surface area contributed by atoms with Gasteiger partial charge >= 0.3 is 0 Å². The van der Waals surface area contributed by atoms with Crippen molar-refractivity contribution in [3.05, 3.63) is 29.3 Å². The topological polar surface area (TPSA) is 69.7 Å². The molecule has 3 rings (SSSR count). The summed E-state index contributed by atoms with van der Waals surface area (Å²) in [6.45, 7) is 0.234. The SMILES string of the molecule is CONC(=O)c1cnc(-c2ccc3c(c2)OCO3)s1. The summed E-state index contributed by atoms with van der Waals surface area (Å²) in [6.07, 6.45) is 1.51. The first-order valence-corrected chi connectivity index (χ1v) is 6.29.